The van der Waals surface area contributed by atoms with E-state index in [9.17, 15) is 0 Å². The van der Waals surface area contributed by atoms with E-state index in [2.05, 4.69) is 133 Å². The van der Waals surface area contributed by atoms with Crippen molar-refractivity contribution in [2.45, 2.75) is 198 Å². The van der Waals surface area contributed by atoms with E-state index >= 15 is 0 Å². The molecule has 0 unspecified atom stereocenters. The van der Waals surface area contributed by atoms with Crippen LogP contribution in [-0.4, -0.2) is 108 Å². The van der Waals surface area contributed by atoms with E-state index in [1.54, 1.807) is 35.5 Å². The summed E-state index contributed by atoms with van der Waals surface area (Å²) >= 11 is 0. The number of ether oxygens (including phenoxy) is 1. The molecule has 0 radical (unpaired) electrons. The Morgan fingerprint density at radius 1 is 0.435 bits per heavy atom. The Labute approximate surface area is 412 Å². The van der Waals surface area contributed by atoms with Crippen LogP contribution >= 0.6 is 0 Å². The number of unbranched alkanes of at least 4 members (excludes halogenated alkanes) is 3. The maximum absolute atomic E-state index is 6.09. The van der Waals surface area contributed by atoms with Crippen molar-refractivity contribution >= 4 is 59.2 Å². The summed E-state index contributed by atoms with van der Waals surface area (Å²) in [7, 11) is -2.89. The molecular weight excluding hydrogens is 2000 g/mol. The summed E-state index contributed by atoms with van der Waals surface area (Å²) in [5.41, 5.74) is 0. The van der Waals surface area contributed by atoms with E-state index in [0.717, 1.165) is 51.0 Å². The van der Waals surface area contributed by atoms with E-state index in [4.69, 9.17) is 39.2 Å². The molecule has 0 saturated heterocycles. The van der Waals surface area contributed by atoms with Crippen molar-refractivity contribution in [3.05, 3.63) is 28.7 Å². The summed E-state index contributed by atoms with van der Waals surface area (Å²) in [6.07, 6.45) is 7.64. The molecule has 0 heterocycles. The fraction of sp³-hybridized carbons (Fsp3) is 0.902. The van der Waals surface area contributed by atoms with Gasteiger partial charge in [-0.3, -0.25) is 0 Å². The molecule has 0 fully saturated rings. The first-order chi connectivity index (χ1) is 23.9. The van der Waals surface area contributed by atoms with Crippen LogP contribution in [0.25, 0.3) is 0 Å². The van der Waals surface area contributed by atoms with Gasteiger partial charge in [-0.2, -0.15) is 12.8 Å². The quantitative estimate of drug-likeness (QED) is 0.0634. The third kappa shape index (κ3) is 94.2. The summed E-state index contributed by atoms with van der Waals surface area (Å²) in [5.74, 6) is 0. The summed E-state index contributed by atoms with van der Waals surface area (Å²) in [5, 5.41) is 0. The summed E-state index contributed by atoms with van der Waals surface area (Å²) in [6, 6.07) is 1.89. The van der Waals surface area contributed by atoms with Crippen molar-refractivity contribution < 1.29 is 81.3 Å². The fourth-order valence-corrected chi connectivity index (χ4v) is 27.4. The van der Waals surface area contributed by atoms with Gasteiger partial charge < -0.3 is 67.9 Å². The van der Waals surface area contributed by atoms with Crippen LogP contribution in [-0.2, 0) is 81.3 Å². The van der Waals surface area contributed by atoms with Gasteiger partial charge in [0.15, 0.2) is 33.3 Å². The van der Waals surface area contributed by atoms with Gasteiger partial charge in [0.05, 0.1) is 0 Å². The van der Waals surface area contributed by atoms with Crippen LogP contribution in [0.15, 0.2) is 0 Å². The summed E-state index contributed by atoms with van der Waals surface area (Å²) in [6.45, 7) is 50.9. The van der Waals surface area contributed by atoms with Gasteiger partial charge >= 0.3 is 25.9 Å². The van der Waals surface area contributed by atoms with Gasteiger partial charge in [0.2, 0.25) is 0 Å². The zero-order valence-corrected chi connectivity index (χ0v) is 77.4. The Bertz CT molecular complexity index is 737. The third-order valence-electron chi connectivity index (χ3n) is 5.97. The first kappa shape index (κ1) is 104. The van der Waals surface area contributed by atoms with E-state index < -0.39 is 59.2 Å². The van der Waals surface area contributed by atoms with E-state index in [1.165, 1.54) is 19.3 Å². The van der Waals surface area contributed by atoms with Gasteiger partial charge in [0.25, 0.3) is 0 Å². The SMILES string of the molecule is C.C.CCC.CCCCOCC.C[Si](C)(C)O[Si](C)(C)C.C[Si](C)(C)O[Si](C)(C)O[Si](C)(C)C.[CH2-]CCC[Si](C)(OC)OC.[CH2-]CCC[Si](OC)(OC)OC.[CH3-].[CH3-].[Rf].[Rf].[Rf].[W].[W]. The molecule has 0 aromatic heterocycles. The van der Waals surface area contributed by atoms with Gasteiger partial charge in [-0.25, -0.2) is 0 Å². The number of hydrogen-bond donors (Lipinski definition) is 0. The normalized spacial score (nSPS) is 10.5. The largest absolute Gasteiger partial charge is 0.500 e. The standard InChI is InChI=1S/C8H24O2Si3.C7H17O3Si.C7H17O2Si.C6H18OSi2.C6H14O.C3H8.2CH4.2CH3.3Rf.2W/c1-11(2,3)9-13(7,8)10-12(4,5)6;1-5-6-7-11(8-2,9-3)10-4;1-5-6-7-10(4,8-2)9-3;1-8(2,3)7-9(4,5)6;1-3-5-6-7-4-2;1-3-2;;;;;;;;;/h1-8H3;1,5-7H2,2-4H3;1,5-7H2,2-4H3;1-6H3;3-6H2,1-2H3;3H2,1-2H3;2*1H4;2*1H3;;;;;/q;2*-1;;;;;;2*-1;;;;;. The Kier molecular flexibility index (Phi) is 95.2. The Morgan fingerprint density at radius 2 is 0.710 bits per heavy atom. The molecule has 62 heavy (non-hydrogen) atoms. The fourth-order valence-electron chi connectivity index (χ4n) is 4.44. The molecule has 0 aromatic rings. The van der Waals surface area contributed by atoms with E-state index in [-0.39, 0.29) is 71.8 Å². The average Bonchev–Trinajstić information content (AvgIpc) is 2.99. The minimum atomic E-state index is -2.28. The first-order valence-corrected chi connectivity index (χ1v) is 40.8. The maximum Gasteiger partial charge on any atom is 0.500 e. The van der Waals surface area contributed by atoms with Gasteiger partial charge in [-0.1, -0.05) is 61.3 Å². The first-order valence-electron chi connectivity index (χ1n) is 19.9. The Hall–Kier alpha value is -0.465. The molecule has 0 amide bonds. The number of rotatable bonds is 21. The molecule has 0 spiro atoms. The van der Waals surface area contributed by atoms with Crippen LogP contribution in [0.2, 0.25) is 110 Å². The molecule has 0 aliphatic heterocycles. The van der Waals surface area contributed by atoms with Gasteiger partial charge in [0, 0.05) is 96.9 Å². The summed E-state index contributed by atoms with van der Waals surface area (Å²) < 4.78 is 49.3. The second kappa shape index (κ2) is 56.7. The molecule has 0 saturated carbocycles. The molecule has 0 N–H and O–H groups in total. The summed E-state index contributed by atoms with van der Waals surface area (Å²) in [4.78, 5) is 0. The zero-order chi connectivity index (χ0) is 43.6. The second-order valence-electron chi connectivity index (χ2n) is 17.2. The molecule has 0 aliphatic rings. The van der Waals surface area contributed by atoms with Crippen molar-refractivity contribution in [1.82, 2.24) is 0 Å². The predicted octanol–water partition coefficient (Wildman–Crippen LogP) is 14.9. The van der Waals surface area contributed by atoms with Gasteiger partial charge in [-0.05, 0) is 118 Å². The minimum absolute atomic E-state index is 0. The van der Waals surface area contributed by atoms with Crippen LogP contribution in [0.4, 0.5) is 0 Å². The molecule has 0 aromatic carbocycles. The molecule has 0 bridgehead atoms. The molecule has 9 nitrogen and oxygen atoms in total. The Balaban J connectivity index is -0.0000000328. The second-order valence-corrected chi connectivity index (χ2v) is 46.0. The van der Waals surface area contributed by atoms with Crippen LogP contribution < -0.4 is 0 Å². The van der Waals surface area contributed by atoms with Crippen molar-refractivity contribution in [2.24, 2.45) is 0 Å². The van der Waals surface area contributed by atoms with Gasteiger partial charge in [0.1, 0.15) is 0 Å². The van der Waals surface area contributed by atoms with Crippen molar-refractivity contribution in [2.75, 3.05) is 48.8 Å². The predicted molar refractivity (Wildman–Crippen MR) is 279 cm³/mol. The van der Waals surface area contributed by atoms with Crippen LogP contribution in [0.1, 0.15) is 87.5 Å². The monoisotopic (exact) mass is 2110 g/mol. The van der Waals surface area contributed by atoms with Crippen LogP contribution in [0, 0.1) is 28.7 Å². The molecule has 380 valence electrons. The number of hydrogen-bond acceptors (Lipinski definition) is 9. The van der Waals surface area contributed by atoms with Crippen molar-refractivity contribution in [3.8, 4) is 0 Å². The molecule has 0 rings (SSSR count). The minimum Gasteiger partial charge on any atom is -0.456 e. The molecular formula is C41H112O9Rf3Si7W2-4. The zero-order valence-electron chi connectivity index (χ0n) is 45.3. The molecule has 21 heteroatoms. The topological polar surface area (TPSA) is 83.1 Å². The van der Waals surface area contributed by atoms with Crippen molar-refractivity contribution in [1.29, 1.82) is 0 Å². The van der Waals surface area contributed by atoms with Crippen LogP contribution in [0.5, 0.6) is 0 Å². The maximum atomic E-state index is 6.09. The molecule has 0 atom stereocenters. The van der Waals surface area contributed by atoms with Crippen LogP contribution in [0.3, 0.4) is 0 Å². The third-order valence-corrected chi connectivity index (χ3v) is 25.5. The molecule has 0 aliphatic carbocycles. The Morgan fingerprint density at radius 3 is 0.887 bits per heavy atom. The van der Waals surface area contributed by atoms with Crippen molar-refractivity contribution in [3.63, 3.8) is 0 Å². The van der Waals surface area contributed by atoms with E-state index in [0.29, 0.717) is 0 Å². The average molecular weight is 2110 g/mol. The smallest absolute Gasteiger partial charge is 0.456 e. The van der Waals surface area contributed by atoms with E-state index in [1.807, 2.05) is 6.92 Å². The van der Waals surface area contributed by atoms with Gasteiger partial charge in [-0.15, -0.1) is 0 Å².